The molecule has 0 aliphatic rings. The Hall–Kier alpha value is -3.03. The van der Waals surface area contributed by atoms with E-state index in [1.54, 1.807) is 19.2 Å². The van der Waals surface area contributed by atoms with E-state index in [0.717, 1.165) is 6.20 Å². The average molecular weight is 346 g/mol. The van der Waals surface area contributed by atoms with Gasteiger partial charge >= 0.3 is 5.97 Å². The maximum absolute atomic E-state index is 14.0. The number of halogens is 2. The van der Waals surface area contributed by atoms with Gasteiger partial charge in [0.25, 0.3) is 0 Å². The van der Waals surface area contributed by atoms with Crippen LogP contribution in [0.1, 0.15) is 13.8 Å². The molecule has 1 aromatic carbocycles. The van der Waals surface area contributed by atoms with Crippen LogP contribution < -0.4 is 5.32 Å². The Morgan fingerprint density at radius 3 is 2.80 bits per heavy atom. The minimum absolute atomic E-state index is 0.101. The van der Waals surface area contributed by atoms with Gasteiger partial charge in [-0.05, 0) is 32.0 Å². The van der Waals surface area contributed by atoms with Gasteiger partial charge in [-0.15, -0.1) is 0 Å². The number of anilines is 1. The summed E-state index contributed by atoms with van der Waals surface area (Å²) in [5, 5.41) is 12.4. The Balaban J connectivity index is 1.98. The van der Waals surface area contributed by atoms with Crippen molar-refractivity contribution in [3.05, 3.63) is 42.2 Å². The summed E-state index contributed by atoms with van der Waals surface area (Å²) in [5.41, 5.74) is 1.23. The molecule has 25 heavy (non-hydrogen) atoms. The number of aromatic nitrogens is 3. The second-order valence-electron chi connectivity index (χ2n) is 5.84. The van der Waals surface area contributed by atoms with E-state index < -0.39 is 29.6 Å². The van der Waals surface area contributed by atoms with Crippen molar-refractivity contribution in [2.75, 3.05) is 5.32 Å². The van der Waals surface area contributed by atoms with Crippen LogP contribution in [0.2, 0.25) is 0 Å². The van der Waals surface area contributed by atoms with E-state index in [1.165, 1.54) is 19.1 Å². The number of fused-ring (bicyclic) bond motifs is 1. The molecular formula is C17H16F2N4O2. The Kier molecular flexibility index (Phi) is 4.35. The maximum atomic E-state index is 14.0. The maximum Gasteiger partial charge on any atom is 0.308 e. The lowest BCUT2D eigenvalue weighted by molar-refractivity contribution is -0.141. The normalized spacial score (nSPS) is 13.6. The monoisotopic (exact) mass is 346 g/mol. The minimum atomic E-state index is -0.998. The van der Waals surface area contributed by atoms with Gasteiger partial charge in [0, 0.05) is 28.7 Å². The lowest BCUT2D eigenvalue weighted by Crippen LogP contribution is -2.30. The zero-order valence-corrected chi connectivity index (χ0v) is 13.5. The predicted octanol–water partition coefficient (Wildman–Crippen LogP) is 3.42. The van der Waals surface area contributed by atoms with E-state index in [1.807, 2.05) is 0 Å². The lowest BCUT2D eigenvalue weighted by atomic mass is 10.0. The zero-order chi connectivity index (χ0) is 18.1. The van der Waals surface area contributed by atoms with Gasteiger partial charge in [-0.3, -0.25) is 4.79 Å². The number of carboxylic acids is 1. The molecule has 0 aliphatic heterocycles. The third kappa shape index (κ3) is 3.28. The first kappa shape index (κ1) is 16.8. The molecule has 0 bridgehead atoms. The van der Waals surface area contributed by atoms with Gasteiger partial charge in [0.1, 0.15) is 5.82 Å². The molecule has 3 rings (SSSR count). The van der Waals surface area contributed by atoms with Crippen LogP contribution in [-0.2, 0) is 4.79 Å². The fraction of sp³-hybridized carbons (Fsp3) is 0.235. The standard InChI is InChI=1S/C17H16F2N4O2/c1-8(17(24)25)9(2)22-16-13(19)7-21-15(23-16)12-6-20-14-4-3-10(18)5-11(12)14/h3-9,20H,1-2H3,(H,24,25)(H,21,22,23)/t8-,9-/m0/s1. The number of aromatic amines is 1. The number of H-pyrrole nitrogens is 1. The fourth-order valence-electron chi connectivity index (χ4n) is 2.43. The van der Waals surface area contributed by atoms with Crippen LogP contribution in [0, 0.1) is 17.6 Å². The minimum Gasteiger partial charge on any atom is -0.481 e. The largest absolute Gasteiger partial charge is 0.481 e. The average Bonchev–Trinajstić information content (AvgIpc) is 2.99. The molecule has 0 fully saturated rings. The summed E-state index contributed by atoms with van der Waals surface area (Å²) < 4.78 is 27.5. The summed E-state index contributed by atoms with van der Waals surface area (Å²) >= 11 is 0. The molecule has 2 aromatic heterocycles. The van der Waals surface area contributed by atoms with Gasteiger partial charge in [0.2, 0.25) is 0 Å². The highest BCUT2D eigenvalue weighted by Crippen LogP contribution is 2.28. The van der Waals surface area contributed by atoms with Crippen molar-refractivity contribution < 1.29 is 18.7 Å². The molecule has 3 N–H and O–H groups in total. The second-order valence-corrected chi connectivity index (χ2v) is 5.84. The number of hydrogen-bond acceptors (Lipinski definition) is 4. The first-order valence-electron chi connectivity index (χ1n) is 7.65. The van der Waals surface area contributed by atoms with E-state index in [-0.39, 0.29) is 11.6 Å². The Morgan fingerprint density at radius 1 is 1.32 bits per heavy atom. The summed E-state index contributed by atoms with van der Waals surface area (Å²) in [7, 11) is 0. The quantitative estimate of drug-likeness (QED) is 0.658. The van der Waals surface area contributed by atoms with E-state index in [4.69, 9.17) is 5.11 Å². The van der Waals surface area contributed by atoms with Gasteiger partial charge in [0.05, 0.1) is 12.1 Å². The van der Waals surface area contributed by atoms with Crippen LogP contribution in [0.25, 0.3) is 22.3 Å². The molecular weight excluding hydrogens is 330 g/mol. The molecule has 0 amide bonds. The fourth-order valence-corrected chi connectivity index (χ4v) is 2.43. The molecule has 0 aliphatic carbocycles. The summed E-state index contributed by atoms with van der Waals surface area (Å²) in [6, 6.07) is 3.72. The number of aliphatic carboxylic acids is 1. The van der Waals surface area contributed by atoms with Crippen molar-refractivity contribution in [3.63, 3.8) is 0 Å². The van der Waals surface area contributed by atoms with Gasteiger partial charge in [-0.2, -0.15) is 0 Å². The first-order valence-corrected chi connectivity index (χ1v) is 7.65. The van der Waals surface area contributed by atoms with Crippen LogP contribution in [0.5, 0.6) is 0 Å². The molecule has 0 radical (unpaired) electrons. The highest BCUT2D eigenvalue weighted by molar-refractivity contribution is 5.93. The molecule has 3 aromatic rings. The van der Waals surface area contributed by atoms with Crippen molar-refractivity contribution in [2.45, 2.75) is 19.9 Å². The molecule has 2 atom stereocenters. The van der Waals surface area contributed by atoms with Gasteiger partial charge in [-0.25, -0.2) is 18.7 Å². The topological polar surface area (TPSA) is 90.9 Å². The van der Waals surface area contributed by atoms with E-state index in [2.05, 4.69) is 20.3 Å². The second kappa shape index (κ2) is 6.46. The van der Waals surface area contributed by atoms with Gasteiger partial charge < -0.3 is 15.4 Å². The van der Waals surface area contributed by atoms with Crippen LogP contribution in [0.4, 0.5) is 14.6 Å². The van der Waals surface area contributed by atoms with Gasteiger partial charge in [0.15, 0.2) is 17.5 Å². The molecule has 0 saturated heterocycles. The molecule has 0 unspecified atom stereocenters. The number of nitrogens with one attached hydrogen (secondary N) is 2. The predicted molar refractivity (Wildman–Crippen MR) is 89.1 cm³/mol. The number of carboxylic acid groups (broad SMARTS) is 1. The van der Waals surface area contributed by atoms with Crippen LogP contribution >= 0.6 is 0 Å². The zero-order valence-electron chi connectivity index (χ0n) is 13.5. The van der Waals surface area contributed by atoms with Gasteiger partial charge in [-0.1, -0.05) is 0 Å². The molecule has 2 heterocycles. The van der Waals surface area contributed by atoms with Crippen LogP contribution in [0.3, 0.4) is 0 Å². The Morgan fingerprint density at radius 2 is 2.08 bits per heavy atom. The van der Waals surface area contributed by atoms with Crippen molar-refractivity contribution in [1.29, 1.82) is 0 Å². The van der Waals surface area contributed by atoms with Crippen LogP contribution in [-0.4, -0.2) is 32.1 Å². The molecule has 0 spiro atoms. The van der Waals surface area contributed by atoms with E-state index >= 15 is 0 Å². The number of benzene rings is 1. The van der Waals surface area contributed by atoms with Crippen molar-refractivity contribution >= 4 is 22.7 Å². The first-order chi connectivity index (χ1) is 11.9. The molecule has 8 heteroatoms. The summed E-state index contributed by atoms with van der Waals surface area (Å²) in [5.74, 6) is -2.73. The number of carbonyl (C=O) groups is 1. The number of hydrogen-bond donors (Lipinski definition) is 3. The number of nitrogens with zero attached hydrogens (tertiary/aromatic N) is 2. The highest BCUT2D eigenvalue weighted by atomic mass is 19.1. The van der Waals surface area contributed by atoms with Crippen molar-refractivity contribution in [1.82, 2.24) is 15.0 Å². The third-order valence-electron chi connectivity index (χ3n) is 4.13. The smallest absolute Gasteiger partial charge is 0.308 e. The van der Waals surface area contributed by atoms with E-state index in [0.29, 0.717) is 16.5 Å². The molecule has 6 nitrogen and oxygen atoms in total. The summed E-state index contributed by atoms with van der Waals surface area (Å²) in [6.45, 7) is 3.14. The summed E-state index contributed by atoms with van der Waals surface area (Å²) in [4.78, 5) is 22.1. The third-order valence-corrected chi connectivity index (χ3v) is 4.13. The van der Waals surface area contributed by atoms with E-state index in [9.17, 15) is 13.6 Å². The lowest BCUT2D eigenvalue weighted by Gasteiger charge is -2.18. The Labute approximate surface area is 141 Å². The molecule has 130 valence electrons. The van der Waals surface area contributed by atoms with Crippen molar-refractivity contribution in [2.24, 2.45) is 5.92 Å². The molecule has 0 saturated carbocycles. The van der Waals surface area contributed by atoms with Crippen molar-refractivity contribution in [3.8, 4) is 11.4 Å². The Bertz CT molecular complexity index is 942. The number of rotatable bonds is 5. The summed E-state index contributed by atoms with van der Waals surface area (Å²) in [6.07, 6.45) is 2.62. The SMILES string of the molecule is C[C@H](Nc1nc(-c2c[nH]c3ccc(F)cc23)ncc1F)[C@H](C)C(=O)O. The van der Waals surface area contributed by atoms with Crippen LogP contribution in [0.15, 0.2) is 30.6 Å². The highest BCUT2D eigenvalue weighted by Gasteiger charge is 2.21.